The first-order valence-electron chi connectivity index (χ1n) is 12.0. The summed E-state index contributed by atoms with van der Waals surface area (Å²) in [5, 5.41) is 7.05. The number of aromatic nitrogens is 1. The van der Waals surface area contributed by atoms with Crippen molar-refractivity contribution in [1.29, 1.82) is 0 Å². The summed E-state index contributed by atoms with van der Waals surface area (Å²) in [6, 6.07) is 26.5. The molecule has 6 aromatic rings. The van der Waals surface area contributed by atoms with Crippen LogP contribution < -0.4 is 0 Å². The van der Waals surface area contributed by atoms with Gasteiger partial charge in [-0.3, -0.25) is 4.98 Å². The lowest BCUT2D eigenvalue weighted by molar-refractivity contribution is -0.136. The van der Waals surface area contributed by atoms with E-state index >= 15 is 0 Å². The Labute approximate surface area is 207 Å². The highest BCUT2D eigenvalue weighted by molar-refractivity contribution is 6.19. The van der Waals surface area contributed by atoms with Crippen LogP contribution in [-0.2, 0) is 11.6 Å². The zero-order valence-electron chi connectivity index (χ0n) is 20.2. The van der Waals surface area contributed by atoms with Crippen molar-refractivity contribution >= 4 is 43.1 Å². The molecule has 1 heterocycles. The SMILES string of the molecule is CC(C)(C)c1ccc2c(ccc3c4ccnc(-c5cc(C(F)(F)F)c6ccccc6c5)c4ccc23)c1. The molecule has 0 spiro atoms. The molecule has 1 nitrogen and oxygen atoms in total. The van der Waals surface area contributed by atoms with Gasteiger partial charge in [0.05, 0.1) is 11.3 Å². The lowest BCUT2D eigenvalue weighted by Crippen LogP contribution is -2.10. The smallest absolute Gasteiger partial charge is 0.256 e. The Morgan fingerprint density at radius 1 is 0.583 bits per heavy atom. The van der Waals surface area contributed by atoms with Gasteiger partial charge in [-0.1, -0.05) is 87.5 Å². The Bertz CT molecular complexity index is 1810. The lowest BCUT2D eigenvalue weighted by atomic mass is 9.85. The van der Waals surface area contributed by atoms with Gasteiger partial charge < -0.3 is 0 Å². The molecule has 0 N–H and O–H groups in total. The molecule has 0 saturated carbocycles. The van der Waals surface area contributed by atoms with E-state index < -0.39 is 11.7 Å². The zero-order valence-corrected chi connectivity index (χ0v) is 20.2. The molecule has 36 heavy (non-hydrogen) atoms. The minimum Gasteiger partial charge on any atom is -0.256 e. The molecule has 0 aliphatic carbocycles. The molecule has 0 atom stereocenters. The molecule has 0 radical (unpaired) electrons. The Morgan fingerprint density at radius 3 is 2.00 bits per heavy atom. The van der Waals surface area contributed by atoms with E-state index in [9.17, 15) is 13.2 Å². The molecule has 178 valence electrons. The second-order valence-corrected chi connectivity index (χ2v) is 10.4. The van der Waals surface area contributed by atoms with Gasteiger partial charge >= 0.3 is 6.18 Å². The van der Waals surface area contributed by atoms with Crippen molar-refractivity contribution in [2.45, 2.75) is 32.4 Å². The molecule has 1 aromatic heterocycles. The van der Waals surface area contributed by atoms with Crippen LogP contribution in [0.2, 0.25) is 0 Å². The summed E-state index contributed by atoms with van der Waals surface area (Å²) in [5.41, 5.74) is 1.70. The Morgan fingerprint density at radius 2 is 1.22 bits per heavy atom. The Kier molecular flexibility index (Phi) is 4.88. The van der Waals surface area contributed by atoms with Crippen LogP contribution in [0, 0.1) is 0 Å². The van der Waals surface area contributed by atoms with Gasteiger partial charge in [-0.2, -0.15) is 13.2 Å². The van der Waals surface area contributed by atoms with Crippen molar-refractivity contribution in [2.75, 3.05) is 0 Å². The first-order chi connectivity index (χ1) is 17.1. The van der Waals surface area contributed by atoms with Crippen molar-refractivity contribution in [2.24, 2.45) is 0 Å². The minimum absolute atomic E-state index is 0.0578. The summed E-state index contributed by atoms with van der Waals surface area (Å²) in [7, 11) is 0. The number of benzene rings is 5. The molecule has 0 saturated heterocycles. The number of hydrogen-bond donors (Lipinski definition) is 0. The highest BCUT2D eigenvalue weighted by Gasteiger charge is 2.33. The number of nitrogens with zero attached hydrogens (tertiary/aromatic N) is 1. The van der Waals surface area contributed by atoms with Gasteiger partial charge in [0.25, 0.3) is 0 Å². The van der Waals surface area contributed by atoms with E-state index in [1.807, 2.05) is 12.1 Å². The van der Waals surface area contributed by atoms with E-state index in [-0.39, 0.29) is 10.8 Å². The quantitative estimate of drug-likeness (QED) is 0.214. The summed E-state index contributed by atoms with van der Waals surface area (Å²) in [5.74, 6) is 0. The third-order valence-corrected chi connectivity index (χ3v) is 7.07. The molecule has 0 aliphatic rings. The lowest BCUT2D eigenvalue weighted by Gasteiger charge is -2.20. The Hall–Kier alpha value is -3.92. The number of hydrogen-bond acceptors (Lipinski definition) is 1. The molecular formula is C32H24F3N. The summed E-state index contributed by atoms with van der Waals surface area (Å²) in [6.45, 7) is 6.61. The average molecular weight is 480 g/mol. The van der Waals surface area contributed by atoms with Gasteiger partial charge in [0.2, 0.25) is 0 Å². The van der Waals surface area contributed by atoms with Crippen LogP contribution in [0.4, 0.5) is 13.2 Å². The normalized spacial score (nSPS) is 12.7. The van der Waals surface area contributed by atoms with E-state index in [2.05, 4.69) is 62.2 Å². The second kappa shape index (κ2) is 7.79. The van der Waals surface area contributed by atoms with Crippen molar-refractivity contribution in [3.63, 3.8) is 0 Å². The standard InChI is InChI=1S/C32H24F3N/c1-31(2,3)22-9-11-23-20(17-22)8-10-26-25(23)12-13-28-27(26)14-15-36-30(28)21-16-19-6-4-5-7-24(19)29(18-21)32(33,34)35/h4-18H,1-3H3. The molecule has 0 amide bonds. The molecule has 0 bridgehead atoms. The third-order valence-electron chi connectivity index (χ3n) is 7.07. The van der Waals surface area contributed by atoms with E-state index in [1.54, 1.807) is 30.5 Å². The van der Waals surface area contributed by atoms with E-state index in [0.29, 0.717) is 16.6 Å². The fraction of sp³-hybridized carbons (Fsp3) is 0.156. The predicted octanol–water partition coefficient (Wildman–Crippen LogP) is 9.68. The van der Waals surface area contributed by atoms with Crippen molar-refractivity contribution in [1.82, 2.24) is 4.98 Å². The van der Waals surface area contributed by atoms with Gasteiger partial charge in [-0.15, -0.1) is 0 Å². The topological polar surface area (TPSA) is 12.9 Å². The molecule has 4 heteroatoms. The van der Waals surface area contributed by atoms with Gasteiger partial charge in [-0.05, 0) is 66.9 Å². The van der Waals surface area contributed by atoms with Crippen molar-refractivity contribution < 1.29 is 13.2 Å². The number of halogens is 3. The Balaban J connectivity index is 1.61. The first-order valence-corrected chi connectivity index (χ1v) is 12.0. The van der Waals surface area contributed by atoms with Gasteiger partial charge in [-0.25, -0.2) is 0 Å². The van der Waals surface area contributed by atoms with Crippen LogP contribution in [0.25, 0.3) is 54.3 Å². The van der Waals surface area contributed by atoms with Crippen LogP contribution in [0.1, 0.15) is 31.9 Å². The largest absolute Gasteiger partial charge is 0.417 e. The molecule has 6 rings (SSSR count). The van der Waals surface area contributed by atoms with E-state index in [0.717, 1.165) is 26.9 Å². The molecular weight excluding hydrogens is 455 g/mol. The minimum atomic E-state index is -4.46. The number of rotatable bonds is 1. The molecule has 0 aliphatic heterocycles. The second-order valence-electron chi connectivity index (χ2n) is 10.4. The first kappa shape index (κ1) is 22.5. The van der Waals surface area contributed by atoms with Gasteiger partial charge in [0.1, 0.15) is 0 Å². The van der Waals surface area contributed by atoms with Gasteiger partial charge in [0.15, 0.2) is 0 Å². The molecule has 0 fully saturated rings. The van der Waals surface area contributed by atoms with Crippen LogP contribution >= 0.6 is 0 Å². The maximum absolute atomic E-state index is 14.0. The third kappa shape index (κ3) is 3.60. The van der Waals surface area contributed by atoms with Crippen LogP contribution in [0.3, 0.4) is 0 Å². The molecule has 0 unspecified atom stereocenters. The van der Waals surface area contributed by atoms with Crippen LogP contribution in [0.5, 0.6) is 0 Å². The van der Waals surface area contributed by atoms with E-state index in [1.165, 1.54) is 23.1 Å². The molecule has 5 aromatic carbocycles. The fourth-order valence-electron chi connectivity index (χ4n) is 5.19. The highest BCUT2D eigenvalue weighted by atomic mass is 19.4. The predicted molar refractivity (Wildman–Crippen MR) is 143 cm³/mol. The summed E-state index contributed by atoms with van der Waals surface area (Å²) < 4.78 is 41.9. The van der Waals surface area contributed by atoms with E-state index in [4.69, 9.17) is 0 Å². The zero-order chi connectivity index (χ0) is 25.2. The number of alkyl halides is 3. The summed E-state index contributed by atoms with van der Waals surface area (Å²) in [4.78, 5) is 4.55. The van der Waals surface area contributed by atoms with Crippen molar-refractivity contribution in [3.8, 4) is 11.3 Å². The van der Waals surface area contributed by atoms with Crippen LogP contribution in [0.15, 0.2) is 91.1 Å². The van der Waals surface area contributed by atoms with Gasteiger partial charge in [0, 0.05) is 17.1 Å². The number of fused-ring (bicyclic) bond motifs is 6. The summed E-state index contributed by atoms with van der Waals surface area (Å²) in [6.07, 6.45) is -2.77. The fourth-order valence-corrected chi connectivity index (χ4v) is 5.19. The van der Waals surface area contributed by atoms with Crippen molar-refractivity contribution in [3.05, 3.63) is 102 Å². The monoisotopic (exact) mass is 479 g/mol. The maximum atomic E-state index is 14.0. The average Bonchev–Trinajstić information content (AvgIpc) is 2.85. The maximum Gasteiger partial charge on any atom is 0.417 e. The summed E-state index contributed by atoms with van der Waals surface area (Å²) >= 11 is 0. The number of pyridine rings is 1. The van der Waals surface area contributed by atoms with Crippen LogP contribution in [-0.4, -0.2) is 4.98 Å². The highest BCUT2D eigenvalue weighted by Crippen LogP contribution is 2.40.